The number of nitrogens with one attached hydrogen (secondary N) is 1. The Hall–Kier alpha value is -1.93. The van der Waals surface area contributed by atoms with E-state index in [1.807, 2.05) is 0 Å². The molecule has 2 heterocycles. The van der Waals surface area contributed by atoms with Crippen molar-refractivity contribution < 1.29 is 14.5 Å². The Morgan fingerprint density at radius 2 is 2.40 bits per heavy atom. The first kappa shape index (κ1) is 14.5. The molecule has 20 heavy (non-hydrogen) atoms. The van der Waals surface area contributed by atoms with Gasteiger partial charge in [-0.05, 0) is 23.8 Å². The highest BCUT2D eigenvalue weighted by atomic mass is 16.6. The van der Waals surface area contributed by atoms with Crippen LogP contribution in [0.2, 0.25) is 0 Å². The van der Waals surface area contributed by atoms with Crippen molar-refractivity contribution in [2.75, 3.05) is 20.2 Å². The lowest BCUT2D eigenvalue weighted by Gasteiger charge is -2.37. The first-order valence-corrected chi connectivity index (χ1v) is 6.44. The van der Waals surface area contributed by atoms with Gasteiger partial charge in [0.05, 0.1) is 6.10 Å². The number of likely N-dealkylation sites (tertiary alicyclic amines) is 1. The smallest absolute Gasteiger partial charge is 0.321 e. The lowest BCUT2D eigenvalue weighted by molar-refractivity contribution is -0.389. The number of aromatic amines is 1. The van der Waals surface area contributed by atoms with E-state index in [0.717, 1.165) is 6.42 Å². The highest BCUT2D eigenvalue weighted by Crippen LogP contribution is 2.22. The number of carbonyl (C=O) groups is 1. The van der Waals surface area contributed by atoms with Crippen molar-refractivity contribution in [3.05, 3.63) is 27.9 Å². The molecule has 1 aromatic rings. The van der Waals surface area contributed by atoms with E-state index in [4.69, 9.17) is 10.5 Å². The molecule has 0 bridgehead atoms. The SMILES string of the molecule is COC1CCN(C(=O)c2ccc([N+](=O)[O-])[nH]2)C(CN)C1. The van der Waals surface area contributed by atoms with Crippen molar-refractivity contribution in [3.63, 3.8) is 0 Å². The van der Waals surface area contributed by atoms with Crippen molar-refractivity contribution in [2.24, 2.45) is 5.73 Å². The molecule has 1 aromatic heterocycles. The maximum Gasteiger partial charge on any atom is 0.321 e. The van der Waals surface area contributed by atoms with Crippen LogP contribution >= 0.6 is 0 Å². The number of H-pyrrole nitrogens is 1. The summed E-state index contributed by atoms with van der Waals surface area (Å²) in [5.74, 6) is -0.451. The number of methoxy groups -OCH3 is 1. The maximum atomic E-state index is 12.4. The van der Waals surface area contributed by atoms with E-state index < -0.39 is 4.92 Å². The molecule has 110 valence electrons. The molecular formula is C12H18N4O4. The highest BCUT2D eigenvalue weighted by molar-refractivity contribution is 5.93. The van der Waals surface area contributed by atoms with E-state index in [2.05, 4.69) is 4.98 Å². The molecule has 0 radical (unpaired) electrons. The van der Waals surface area contributed by atoms with Gasteiger partial charge in [0, 0.05) is 32.3 Å². The summed E-state index contributed by atoms with van der Waals surface area (Å²) >= 11 is 0. The number of nitro groups is 1. The molecule has 8 heteroatoms. The van der Waals surface area contributed by atoms with E-state index in [-0.39, 0.29) is 29.6 Å². The van der Waals surface area contributed by atoms with Crippen LogP contribution in [0.5, 0.6) is 0 Å². The molecule has 0 aromatic carbocycles. The Morgan fingerprint density at radius 3 is 2.95 bits per heavy atom. The summed E-state index contributed by atoms with van der Waals surface area (Å²) in [6.45, 7) is 0.875. The molecule has 1 saturated heterocycles. The van der Waals surface area contributed by atoms with Gasteiger partial charge in [0.1, 0.15) is 0 Å². The first-order chi connectivity index (χ1) is 9.56. The van der Waals surface area contributed by atoms with Crippen molar-refractivity contribution in [1.82, 2.24) is 9.88 Å². The topological polar surface area (TPSA) is 114 Å². The van der Waals surface area contributed by atoms with Crippen LogP contribution in [0, 0.1) is 10.1 Å². The zero-order valence-electron chi connectivity index (χ0n) is 11.2. The number of nitrogens with two attached hydrogens (primary N) is 1. The predicted molar refractivity (Wildman–Crippen MR) is 71.4 cm³/mol. The van der Waals surface area contributed by atoms with Gasteiger partial charge in [-0.2, -0.15) is 0 Å². The molecule has 8 nitrogen and oxygen atoms in total. The molecule has 2 atom stereocenters. The molecule has 0 saturated carbocycles. The number of carbonyl (C=O) groups excluding carboxylic acids is 1. The number of aromatic nitrogens is 1. The molecule has 0 spiro atoms. The summed E-state index contributed by atoms with van der Waals surface area (Å²) in [6.07, 6.45) is 1.52. The van der Waals surface area contributed by atoms with Crippen LogP contribution < -0.4 is 5.73 Å². The van der Waals surface area contributed by atoms with Gasteiger partial charge in [0.25, 0.3) is 5.91 Å². The Bertz CT molecular complexity index is 501. The molecule has 3 N–H and O–H groups in total. The van der Waals surface area contributed by atoms with Crippen molar-refractivity contribution in [3.8, 4) is 0 Å². The standard InChI is InChI=1S/C12H18N4O4/c1-20-9-4-5-15(8(6-9)7-13)12(17)10-2-3-11(14-10)16(18)19/h2-3,8-9,14H,4-7,13H2,1H3. The lowest BCUT2D eigenvalue weighted by Crippen LogP contribution is -2.51. The minimum atomic E-state index is -0.561. The van der Waals surface area contributed by atoms with Crippen LogP contribution in [0.15, 0.2) is 12.1 Å². The van der Waals surface area contributed by atoms with E-state index in [1.54, 1.807) is 12.0 Å². The number of piperidine rings is 1. The maximum absolute atomic E-state index is 12.4. The fourth-order valence-electron chi connectivity index (χ4n) is 2.49. The molecule has 1 amide bonds. The molecule has 2 rings (SSSR count). The lowest BCUT2D eigenvalue weighted by atomic mass is 9.99. The largest absolute Gasteiger partial charge is 0.381 e. The van der Waals surface area contributed by atoms with Crippen LogP contribution in [0.4, 0.5) is 5.82 Å². The predicted octanol–water partition coefficient (Wildman–Crippen LogP) is 0.501. The number of ether oxygens (including phenoxy) is 1. The second kappa shape index (κ2) is 6.02. The van der Waals surface area contributed by atoms with Gasteiger partial charge in [-0.15, -0.1) is 0 Å². The number of rotatable bonds is 4. The van der Waals surface area contributed by atoms with Crippen molar-refractivity contribution in [2.45, 2.75) is 25.0 Å². The number of hydrogen-bond donors (Lipinski definition) is 2. The van der Waals surface area contributed by atoms with Crippen molar-refractivity contribution in [1.29, 1.82) is 0 Å². The molecular weight excluding hydrogens is 264 g/mol. The Labute approximate surface area is 116 Å². The average molecular weight is 282 g/mol. The monoisotopic (exact) mass is 282 g/mol. The minimum absolute atomic E-state index is 0.102. The van der Waals surface area contributed by atoms with Gasteiger partial charge in [-0.1, -0.05) is 0 Å². The van der Waals surface area contributed by atoms with Crippen LogP contribution in [0.3, 0.4) is 0 Å². The number of amides is 1. The van der Waals surface area contributed by atoms with E-state index in [1.165, 1.54) is 12.1 Å². The second-order valence-electron chi connectivity index (χ2n) is 4.78. The molecule has 2 unspecified atom stereocenters. The summed E-state index contributed by atoms with van der Waals surface area (Å²) in [5, 5.41) is 10.6. The Balaban J connectivity index is 2.12. The summed E-state index contributed by atoms with van der Waals surface area (Å²) < 4.78 is 5.30. The number of hydrogen-bond acceptors (Lipinski definition) is 5. The van der Waals surface area contributed by atoms with Gasteiger partial charge in [0.15, 0.2) is 5.69 Å². The Morgan fingerprint density at radius 1 is 1.65 bits per heavy atom. The summed E-state index contributed by atoms with van der Waals surface area (Å²) in [6, 6.07) is 2.60. The Kier molecular flexibility index (Phi) is 4.35. The van der Waals surface area contributed by atoms with Crippen molar-refractivity contribution >= 4 is 11.7 Å². The number of nitrogens with zero attached hydrogens (tertiary/aromatic N) is 2. The highest BCUT2D eigenvalue weighted by Gasteiger charge is 2.33. The van der Waals surface area contributed by atoms with Gasteiger partial charge in [-0.3, -0.25) is 4.79 Å². The summed E-state index contributed by atoms with van der Waals surface area (Å²) in [5.41, 5.74) is 5.93. The van der Waals surface area contributed by atoms with E-state index in [0.29, 0.717) is 19.5 Å². The van der Waals surface area contributed by atoms with Gasteiger partial charge in [-0.25, -0.2) is 4.98 Å². The van der Waals surface area contributed by atoms with Gasteiger partial charge < -0.3 is 25.5 Å². The quantitative estimate of drug-likeness (QED) is 0.616. The second-order valence-corrected chi connectivity index (χ2v) is 4.78. The third-order valence-electron chi connectivity index (χ3n) is 3.63. The normalized spacial score (nSPS) is 22.8. The molecule has 1 aliphatic heterocycles. The van der Waals surface area contributed by atoms with Gasteiger partial charge in [0.2, 0.25) is 0 Å². The van der Waals surface area contributed by atoms with Crippen LogP contribution in [-0.2, 0) is 4.74 Å². The zero-order valence-corrected chi connectivity index (χ0v) is 11.2. The van der Waals surface area contributed by atoms with Crippen LogP contribution in [-0.4, -0.2) is 53.1 Å². The summed E-state index contributed by atoms with van der Waals surface area (Å²) in [4.78, 5) is 26.6. The molecule has 0 aliphatic carbocycles. The first-order valence-electron chi connectivity index (χ1n) is 6.44. The van der Waals surface area contributed by atoms with Crippen LogP contribution in [0.25, 0.3) is 0 Å². The molecule has 1 fully saturated rings. The van der Waals surface area contributed by atoms with E-state index >= 15 is 0 Å². The average Bonchev–Trinajstić information content (AvgIpc) is 2.95. The zero-order chi connectivity index (χ0) is 14.7. The van der Waals surface area contributed by atoms with Gasteiger partial charge >= 0.3 is 5.82 Å². The molecule has 1 aliphatic rings. The van der Waals surface area contributed by atoms with E-state index in [9.17, 15) is 14.9 Å². The fourth-order valence-corrected chi connectivity index (χ4v) is 2.49. The third kappa shape index (κ3) is 2.81. The van der Waals surface area contributed by atoms with Crippen LogP contribution in [0.1, 0.15) is 23.3 Å². The fraction of sp³-hybridized carbons (Fsp3) is 0.583. The third-order valence-corrected chi connectivity index (χ3v) is 3.63. The minimum Gasteiger partial charge on any atom is -0.381 e. The summed E-state index contributed by atoms with van der Waals surface area (Å²) in [7, 11) is 1.64.